The van der Waals surface area contributed by atoms with Crippen LogP contribution in [0.3, 0.4) is 0 Å². The van der Waals surface area contributed by atoms with E-state index < -0.39 is 54.2 Å². The molecule has 0 fully saturated rings. The van der Waals surface area contributed by atoms with Crippen molar-refractivity contribution in [3.63, 3.8) is 0 Å². The van der Waals surface area contributed by atoms with Crippen molar-refractivity contribution in [2.75, 3.05) is 157 Å². The van der Waals surface area contributed by atoms with Crippen molar-refractivity contribution in [3.8, 4) is 0 Å². The Morgan fingerprint density at radius 1 is 0.671 bits per heavy atom. The molecule has 0 aliphatic rings. The number of amides is 7. The SMILES string of the molecule is CC(C)[C@H](NC(=O)CCOCCOCCOCCOCCOCCOCCOCCOCCOCCN=[N+]=[N-])C(=O)N[C@@H](CCCNC(N)=O)C(=O)NCC(=O)N(C)CC(=O)Nc1ccc(CO)cc1. The number of nitrogens with zero attached hydrogens (tertiary/aromatic N) is 4. The van der Waals surface area contributed by atoms with Crippen LogP contribution in [0.25, 0.3) is 10.4 Å². The van der Waals surface area contributed by atoms with Gasteiger partial charge in [-0.15, -0.1) is 0 Å². The molecule has 0 spiro atoms. The van der Waals surface area contributed by atoms with Crippen LogP contribution < -0.4 is 32.3 Å². The lowest BCUT2D eigenvalue weighted by Crippen LogP contribution is -2.56. The Labute approximate surface area is 409 Å². The van der Waals surface area contributed by atoms with Gasteiger partial charge in [-0.05, 0) is 42.0 Å². The largest absolute Gasteiger partial charge is 0.392 e. The molecule has 2 atom stereocenters. The van der Waals surface area contributed by atoms with Gasteiger partial charge in [-0.1, -0.05) is 31.1 Å². The van der Waals surface area contributed by atoms with Crippen LogP contribution >= 0.6 is 0 Å². The third-order valence-corrected chi connectivity index (χ3v) is 9.36. The van der Waals surface area contributed by atoms with Crippen molar-refractivity contribution in [1.82, 2.24) is 26.2 Å². The molecule has 0 unspecified atom stereocenters. The van der Waals surface area contributed by atoms with E-state index in [4.69, 9.17) is 53.9 Å². The number of likely N-dealkylation sites (N-methyl/N-ethyl adjacent to an activating group) is 1. The lowest BCUT2D eigenvalue weighted by atomic mass is 10.0. The smallest absolute Gasteiger partial charge is 0.312 e. The van der Waals surface area contributed by atoms with Crippen LogP contribution in [-0.4, -0.2) is 210 Å². The number of azide groups is 1. The first-order valence-corrected chi connectivity index (χ1v) is 23.2. The molecule has 26 nitrogen and oxygen atoms in total. The van der Waals surface area contributed by atoms with Gasteiger partial charge in [-0.2, -0.15) is 0 Å². The number of benzene rings is 1. The number of hydrogen-bond donors (Lipinski definition) is 7. The maximum absolute atomic E-state index is 13.4. The molecule has 8 N–H and O–H groups in total. The molecule has 7 amide bonds. The summed E-state index contributed by atoms with van der Waals surface area (Å²) in [7, 11) is 1.39. The van der Waals surface area contributed by atoms with Crippen LogP contribution in [0.4, 0.5) is 10.5 Å². The summed E-state index contributed by atoms with van der Waals surface area (Å²) >= 11 is 0. The average Bonchev–Trinajstić information content (AvgIpc) is 3.33. The van der Waals surface area contributed by atoms with Gasteiger partial charge in [0, 0.05) is 37.2 Å². The maximum atomic E-state index is 13.4. The first kappa shape index (κ1) is 62.8. The van der Waals surface area contributed by atoms with E-state index in [1.54, 1.807) is 38.1 Å². The minimum atomic E-state index is -1.15. The molecule has 0 aliphatic carbocycles. The Balaban J connectivity index is 2.20. The number of primary amides is 1. The van der Waals surface area contributed by atoms with Gasteiger partial charge < -0.3 is 85.0 Å². The molecule has 0 aliphatic heterocycles. The number of nitrogens with two attached hydrogens (primary N) is 1. The van der Waals surface area contributed by atoms with Gasteiger partial charge >= 0.3 is 6.03 Å². The van der Waals surface area contributed by atoms with Gasteiger partial charge in [-0.3, -0.25) is 24.0 Å². The second-order valence-electron chi connectivity index (χ2n) is 15.4. The summed E-state index contributed by atoms with van der Waals surface area (Å²) in [5, 5.41) is 25.5. The summed E-state index contributed by atoms with van der Waals surface area (Å²) in [6.07, 6.45) is 0.260. The zero-order valence-electron chi connectivity index (χ0n) is 40.9. The number of nitrogens with one attached hydrogen (secondary N) is 5. The monoisotopic (exact) mass is 1000 g/mol. The normalized spacial score (nSPS) is 11.8. The Bertz CT molecular complexity index is 1640. The summed E-state index contributed by atoms with van der Waals surface area (Å²) < 4.78 is 48.9. The van der Waals surface area contributed by atoms with Gasteiger partial charge in [0.15, 0.2) is 0 Å². The highest BCUT2D eigenvalue weighted by molar-refractivity contribution is 5.96. The zero-order chi connectivity index (χ0) is 51.5. The fourth-order valence-electron chi connectivity index (χ4n) is 5.62. The average molecular weight is 1000 g/mol. The first-order valence-electron chi connectivity index (χ1n) is 23.2. The minimum Gasteiger partial charge on any atom is -0.392 e. The predicted octanol–water partition coefficient (Wildman–Crippen LogP) is -0.384. The lowest BCUT2D eigenvalue weighted by Gasteiger charge is -2.25. The highest BCUT2D eigenvalue weighted by Crippen LogP contribution is 2.10. The molecular weight excluding hydrogens is 925 g/mol. The molecule has 0 heterocycles. The van der Waals surface area contributed by atoms with Gasteiger partial charge in [0.25, 0.3) is 0 Å². The highest BCUT2D eigenvalue weighted by atomic mass is 16.6. The van der Waals surface area contributed by atoms with Crippen LogP contribution in [0.1, 0.15) is 38.7 Å². The molecule has 0 saturated heterocycles. The quantitative estimate of drug-likeness (QED) is 0.0189. The van der Waals surface area contributed by atoms with Crippen molar-refractivity contribution in [2.45, 2.75) is 51.8 Å². The molecule has 1 aromatic carbocycles. The Hall–Kier alpha value is -5.25. The van der Waals surface area contributed by atoms with E-state index in [0.717, 1.165) is 4.90 Å². The molecule has 398 valence electrons. The van der Waals surface area contributed by atoms with E-state index in [2.05, 4.69) is 36.6 Å². The lowest BCUT2D eigenvalue weighted by molar-refractivity contribution is -0.135. The van der Waals surface area contributed by atoms with Crippen LogP contribution in [-0.2, 0) is 73.2 Å². The molecule has 0 radical (unpaired) electrons. The summed E-state index contributed by atoms with van der Waals surface area (Å²) in [6, 6.07) is 3.60. The van der Waals surface area contributed by atoms with E-state index in [9.17, 15) is 33.9 Å². The van der Waals surface area contributed by atoms with Gasteiger partial charge in [-0.25, -0.2) is 4.79 Å². The fourth-order valence-corrected chi connectivity index (χ4v) is 5.62. The second-order valence-corrected chi connectivity index (χ2v) is 15.4. The second kappa shape index (κ2) is 42.6. The van der Waals surface area contributed by atoms with Crippen LogP contribution in [0, 0.1) is 5.92 Å². The molecule has 0 bridgehead atoms. The highest BCUT2D eigenvalue weighted by Gasteiger charge is 2.29. The van der Waals surface area contributed by atoms with Crippen LogP contribution in [0.2, 0.25) is 0 Å². The van der Waals surface area contributed by atoms with Gasteiger partial charge in [0.05, 0.1) is 139 Å². The fraction of sp³-hybridized carbons (Fsp3) is 0.727. The number of aliphatic hydroxyl groups excluding tert-OH is 1. The van der Waals surface area contributed by atoms with Crippen molar-refractivity contribution in [3.05, 3.63) is 40.3 Å². The van der Waals surface area contributed by atoms with Gasteiger partial charge in [0.1, 0.15) is 12.1 Å². The van der Waals surface area contributed by atoms with Crippen molar-refractivity contribution >= 4 is 41.3 Å². The Morgan fingerprint density at radius 3 is 1.59 bits per heavy atom. The van der Waals surface area contributed by atoms with Crippen molar-refractivity contribution < 1.29 is 76.5 Å². The topological polar surface area (TPSA) is 344 Å². The number of urea groups is 1. The summed E-state index contributed by atoms with van der Waals surface area (Å²) in [5.41, 5.74) is 14.5. The summed E-state index contributed by atoms with van der Waals surface area (Å²) in [5.74, 6) is -3.20. The van der Waals surface area contributed by atoms with E-state index in [-0.39, 0.29) is 64.7 Å². The predicted molar refractivity (Wildman–Crippen MR) is 253 cm³/mol. The molecule has 70 heavy (non-hydrogen) atoms. The van der Waals surface area contributed by atoms with Crippen molar-refractivity contribution in [1.29, 1.82) is 0 Å². The zero-order valence-corrected chi connectivity index (χ0v) is 40.9. The molecule has 1 aromatic rings. The van der Waals surface area contributed by atoms with E-state index in [1.165, 1.54) is 7.05 Å². The third-order valence-electron chi connectivity index (χ3n) is 9.36. The van der Waals surface area contributed by atoms with Crippen molar-refractivity contribution in [2.24, 2.45) is 16.8 Å². The van der Waals surface area contributed by atoms with Gasteiger partial charge in [0.2, 0.25) is 29.5 Å². The van der Waals surface area contributed by atoms with Crippen LogP contribution in [0.15, 0.2) is 29.4 Å². The van der Waals surface area contributed by atoms with E-state index >= 15 is 0 Å². The molecular formula is C44H76N10O16. The number of hydrogen-bond acceptors (Lipinski definition) is 17. The first-order chi connectivity index (χ1) is 33.9. The van der Waals surface area contributed by atoms with E-state index in [1.807, 2.05) is 0 Å². The standard InChI is InChI=1S/C44H76N10O16/c1-34(2)41(43(60)51-37(5-4-11-47-44(45)61)42(59)48-31-40(58)54(3)32-39(57)50-36-8-6-35(33-55)7-9-36)52-38(56)10-13-62-15-17-64-19-21-66-23-25-68-27-29-70-30-28-69-26-24-67-22-20-65-18-16-63-14-12-49-53-46/h6-9,34,37,41,55H,4-5,10-33H2,1-3H3,(H,48,59)(H,50,57)(H,51,60)(H,52,56)(H3,45,47,61)/t37-,41-/m0/s1. The third kappa shape index (κ3) is 34.9. The number of carbonyl (C=O) groups is 6. The molecule has 0 saturated carbocycles. The number of carbonyl (C=O) groups excluding carboxylic acids is 6. The summed E-state index contributed by atoms with van der Waals surface area (Å²) in [6.45, 7) is 9.74. The van der Waals surface area contributed by atoms with E-state index in [0.29, 0.717) is 117 Å². The molecule has 0 aromatic heterocycles. The number of ether oxygens (including phenoxy) is 9. The number of anilines is 1. The number of rotatable bonds is 45. The minimum absolute atomic E-state index is 0.0414. The van der Waals surface area contributed by atoms with Crippen LogP contribution in [0.5, 0.6) is 0 Å². The molecule has 1 rings (SSSR count). The Morgan fingerprint density at radius 2 is 1.14 bits per heavy atom. The number of aliphatic hydroxyl groups is 1. The molecule has 26 heteroatoms. The summed E-state index contributed by atoms with van der Waals surface area (Å²) in [4.78, 5) is 79.7. The maximum Gasteiger partial charge on any atom is 0.312 e. The Kier molecular flexibility index (Phi) is 38.2.